The van der Waals surface area contributed by atoms with Gasteiger partial charge in [-0.25, -0.2) is 4.79 Å². The number of thiocarbonyl (C=S) groups is 1. The van der Waals surface area contributed by atoms with Crippen molar-refractivity contribution in [2.75, 3.05) is 6.61 Å². The van der Waals surface area contributed by atoms with Gasteiger partial charge in [-0.05, 0) is 26.3 Å². The number of ether oxygens (including phenoxy) is 1. The molecule has 1 amide bonds. The van der Waals surface area contributed by atoms with Crippen LogP contribution in [0.15, 0.2) is 30.3 Å². The highest BCUT2D eigenvalue weighted by Gasteiger charge is 2.21. The van der Waals surface area contributed by atoms with Gasteiger partial charge in [0.1, 0.15) is 17.6 Å². The molecule has 0 aromatic heterocycles. The van der Waals surface area contributed by atoms with Crippen LogP contribution in [0.1, 0.15) is 26.3 Å². The van der Waals surface area contributed by atoms with Crippen molar-refractivity contribution in [1.29, 1.82) is 0 Å². The fourth-order valence-corrected chi connectivity index (χ4v) is 2.00. The van der Waals surface area contributed by atoms with E-state index in [-0.39, 0.29) is 18.8 Å². The predicted octanol–water partition coefficient (Wildman–Crippen LogP) is 1.99. The summed E-state index contributed by atoms with van der Waals surface area (Å²) in [5, 5.41) is 14.9. The monoisotopic (exact) mass is 310 g/mol. The van der Waals surface area contributed by atoms with Gasteiger partial charge in [0.2, 0.25) is 0 Å². The van der Waals surface area contributed by atoms with Crippen molar-refractivity contribution in [2.45, 2.75) is 39.0 Å². The summed E-state index contributed by atoms with van der Waals surface area (Å²) in [6.45, 7) is 5.72. The van der Waals surface area contributed by atoms with Crippen molar-refractivity contribution < 1.29 is 14.6 Å². The Kier molecular flexibility index (Phi) is 6.58. The van der Waals surface area contributed by atoms with E-state index in [1.54, 1.807) is 0 Å². The minimum atomic E-state index is -0.664. The van der Waals surface area contributed by atoms with Gasteiger partial charge in [-0.1, -0.05) is 42.5 Å². The molecule has 5 nitrogen and oxygen atoms in total. The van der Waals surface area contributed by atoms with Crippen LogP contribution in [0.5, 0.6) is 0 Å². The van der Waals surface area contributed by atoms with Gasteiger partial charge in [-0.2, -0.15) is 0 Å². The van der Waals surface area contributed by atoms with E-state index in [9.17, 15) is 9.90 Å². The van der Waals surface area contributed by atoms with Gasteiger partial charge in [0.15, 0.2) is 0 Å². The van der Waals surface area contributed by atoms with E-state index in [0.717, 1.165) is 5.56 Å². The molecule has 3 N–H and O–H groups in total. The van der Waals surface area contributed by atoms with Crippen molar-refractivity contribution in [3.05, 3.63) is 35.9 Å². The summed E-state index contributed by atoms with van der Waals surface area (Å²) >= 11 is 5.18. The Bertz CT molecular complexity index is 472. The van der Waals surface area contributed by atoms with Gasteiger partial charge >= 0.3 is 6.09 Å². The number of amides is 1. The molecular weight excluding hydrogens is 288 g/mol. The largest absolute Gasteiger partial charge is 0.445 e. The summed E-state index contributed by atoms with van der Waals surface area (Å²) in [6, 6.07) is 8.69. The fourth-order valence-electron chi connectivity index (χ4n) is 1.56. The second-order valence-corrected chi connectivity index (χ2v) is 6.12. The molecule has 0 bridgehead atoms. The fraction of sp³-hybridized carbons (Fsp3) is 0.467. The van der Waals surface area contributed by atoms with E-state index >= 15 is 0 Å². The maximum atomic E-state index is 11.7. The lowest BCUT2D eigenvalue weighted by Gasteiger charge is -2.26. The molecule has 21 heavy (non-hydrogen) atoms. The summed E-state index contributed by atoms with van der Waals surface area (Å²) in [7, 11) is 0. The van der Waals surface area contributed by atoms with Gasteiger partial charge in [-0.3, -0.25) is 0 Å². The van der Waals surface area contributed by atoms with Crippen LogP contribution in [0.25, 0.3) is 0 Å². The topological polar surface area (TPSA) is 70.6 Å². The van der Waals surface area contributed by atoms with Crippen LogP contribution >= 0.6 is 12.2 Å². The lowest BCUT2D eigenvalue weighted by molar-refractivity contribution is 0.134. The molecule has 1 aromatic rings. The molecule has 0 aliphatic carbocycles. The zero-order chi connectivity index (χ0) is 15.9. The highest BCUT2D eigenvalue weighted by Crippen LogP contribution is 2.03. The molecule has 0 spiro atoms. The zero-order valence-electron chi connectivity index (χ0n) is 12.6. The number of alkyl carbamates (subject to hydrolysis) is 1. The third-order valence-corrected chi connectivity index (χ3v) is 2.89. The summed E-state index contributed by atoms with van der Waals surface area (Å²) in [4.78, 5) is 12.1. The second kappa shape index (κ2) is 7.95. The molecule has 6 heteroatoms. The number of carbonyl (C=O) groups excluding carboxylic acids is 1. The van der Waals surface area contributed by atoms with E-state index in [0.29, 0.717) is 4.99 Å². The highest BCUT2D eigenvalue weighted by molar-refractivity contribution is 7.80. The molecule has 0 fully saturated rings. The van der Waals surface area contributed by atoms with Crippen LogP contribution in [-0.4, -0.2) is 34.4 Å². The SMILES string of the molecule is CC(C)(C)NC(=S)[C@H](CO)NC(=O)OCc1ccccc1. The Morgan fingerprint density at radius 1 is 1.33 bits per heavy atom. The molecule has 0 unspecified atom stereocenters. The van der Waals surface area contributed by atoms with Crippen LogP contribution < -0.4 is 10.6 Å². The van der Waals surface area contributed by atoms with Gasteiger partial charge in [0.25, 0.3) is 0 Å². The normalized spacial score (nSPS) is 12.4. The van der Waals surface area contributed by atoms with Crippen LogP contribution in [0.3, 0.4) is 0 Å². The summed E-state index contributed by atoms with van der Waals surface area (Å²) in [6.07, 6.45) is -0.615. The minimum absolute atomic E-state index is 0.171. The molecule has 0 aliphatic rings. The lowest BCUT2D eigenvalue weighted by Crippen LogP contribution is -2.52. The van der Waals surface area contributed by atoms with Crippen LogP contribution in [0.2, 0.25) is 0 Å². The molecule has 1 rings (SSSR count). The Balaban J connectivity index is 2.45. The van der Waals surface area contributed by atoms with Crippen molar-refractivity contribution >= 4 is 23.3 Å². The van der Waals surface area contributed by atoms with Crippen molar-refractivity contribution in [1.82, 2.24) is 10.6 Å². The Morgan fingerprint density at radius 3 is 2.48 bits per heavy atom. The molecule has 1 aromatic carbocycles. The molecular formula is C15H22N2O3S. The average molecular weight is 310 g/mol. The summed E-state index contributed by atoms with van der Waals surface area (Å²) in [5.74, 6) is 0. The third kappa shape index (κ3) is 7.06. The quantitative estimate of drug-likeness (QED) is 0.726. The van der Waals surface area contributed by atoms with Crippen molar-refractivity contribution in [3.63, 3.8) is 0 Å². The first-order valence-electron chi connectivity index (χ1n) is 6.72. The molecule has 0 heterocycles. The van der Waals surface area contributed by atoms with E-state index in [2.05, 4.69) is 10.6 Å². The number of aliphatic hydroxyl groups excluding tert-OH is 1. The number of carbonyl (C=O) groups is 1. The van der Waals surface area contributed by atoms with Crippen molar-refractivity contribution in [3.8, 4) is 0 Å². The average Bonchev–Trinajstić information content (AvgIpc) is 2.41. The van der Waals surface area contributed by atoms with E-state index in [1.807, 2.05) is 51.1 Å². The first kappa shape index (κ1) is 17.4. The second-order valence-electron chi connectivity index (χ2n) is 5.68. The molecule has 116 valence electrons. The molecule has 0 radical (unpaired) electrons. The maximum absolute atomic E-state index is 11.7. The third-order valence-electron chi connectivity index (χ3n) is 2.50. The van der Waals surface area contributed by atoms with Crippen molar-refractivity contribution in [2.24, 2.45) is 0 Å². The molecule has 1 atom stereocenters. The summed E-state index contributed by atoms with van der Waals surface area (Å²) in [5.41, 5.74) is 0.656. The van der Waals surface area contributed by atoms with E-state index in [1.165, 1.54) is 0 Å². The smallest absolute Gasteiger partial charge is 0.408 e. The number of nitrogens with one attached hydrogen (secondary N) is 2. The minimum Gasteiger partial charge on any atom is -0.445 e. The Labute approximate surface area is 130 Å². The highest BCUT2D eigenvalue weighted by atomic mass is 32.1. The van der Waals surface area contributed by atoms with Gasteiger partial charge < -0.3 is 20.5 Å². The van der Waals surface area contributed by atoms with Gasteiger partial charge in [-0.15, -0.1) is 0 Å². The first-order chi connectivity index (χ1) is 9.81. The summed E-state index contributed by atoms with van der Waals surface area (Å²) < 4.78 is 5.09. The Hall–Kier alpha value is -1.66. The lowest BCUT2D eigenvalue weighted by atomic mass is 10.1. The van der Waals surface area contributed by atoms with Gasteiger partial charge in [0.05, 0.1) is 6.61 Å². The number of hydrogen-bond acceptors (Lipinski definition) is 4. The maximum Gasteiger partial charge on any atom is 0.408 e. The number of benzene rings is 1. The van der Waals surface area contributed by atoms with Gasteiger partial charge in [0, 0.05) is 5.54 Å². The molecule has 0 aliphatic heterocycles. The Morgan fingerprint density at radius 2 is 1.95 bits per heavy atom. The first-order valence-corrected chi connectivity index (χ1v) is 7.13. The molecule has 0 saturated carbocycles. The van der Waals surface area contributed by atoms with Crippen LogP contribution in [0, 0.1) is 0 Å². The van der Waals surface area contributed by atoms with E-state index < -0.39 is 12.1 Å². The van der Waals surface area contributed by atoms with Crippen LogP contribution in [-0.2, 0) is 11.3 Å². The van der Waals surface area contributed by atoms with Crippen LogP contribution in [0.4, 0.5) is 4.79 Å². The number of hydrogen-bond donors (Lipinski definition) is 3. The number of rotatable bonds is 5. The standard InChI is InChI=1S/C15H22N2O3S/c1-15(2,3)17-13(21)12(9-18)16-14(19)20-10-11-7-5-4-6-8-11/h4-8,12,18H,9-10H2,1-3H3,(H,16,19)(H,17,21)/t12-/m0/s1. The molecule has 0 saturated heterocycles. The zero-order valence-corrected chi connectivity index (χ0v) is 13.4. The van der Waals surface area contributed by atoms with E-state index in [4.69, 9.17) is 17.0 Å². The predicted molar refractivity (Wildman–Crippen MR) is 86.1 cm³/mol. The number of aliphatic hydroxyl groups is 1.